The molecule has 1 heterocycles. The second-order valence-corrected chi connectivity index (χ2v) is 13.8. The highest BCUT2D eigenvalue weighted by Crippen LogP contribution is 2.48. The van der Waals surface area contributed by atoms with Crippen LogP contribution in [-0.4, -0.2) is 22.3 Å². The van der Waals surface area contributed by atoms with Crippen LogP contribution in [0.4, 0.5) is 0 Å². The van der Waals surface area contributed by atoms with Crippen molar-refractivity contribution < 1.29 is 23.2 Å². The summed E-state index contributed by atoms with van der Waals surface area (Å²) in [7, 11) is -4.53. The van der Waals surface area contributed by atoms with Crippen molar-refractivity contribution in [2.75, 3.05) is 12.5 Å². The van der Waals surface area contributed by atoms with E-state index < -0.39 is 7.82 Å². The van der Waals surface area contributed by atoms with Crippen molar-refractivity contribution in [3.63, 3.8) is 0 Å². The third-order valence-corrected chi connectivity index (χ3v) is 9.26. The van der Waals surface area contributed by atoms with Crippen LogP contribution in [0.2, 0.25) is 10.0 Å². The lowest BCUT2D eigenvalue weighted by Crippen LogP contribution is -2.12. The number of allylic oxidation sites excluding steroid dienone is 1. The van der Waals surface area contributed by atoms with E-state index >= 15 is 0 Å². The van der Waals surface area contributed by atoms with Gasteiger partial charge in [-0.1, -0.05) is 113 Å². The van der Waals surface area contributed by atoms with Gasteiger partial charge in [0, 0.05) is 24.9 Å². The number of halogens is 2. The molecule has 1 atom stereocenters. The summed E-state index contributed by atoms with van der Waals surface area (Å²) in [6.45, 7) is 5.51. The molecule has 0 radical (unpaired) electrons. The van der Waals surface area contributed by atoms with E-state index in [1.165, 1.54) is 81.2 Å². The maximum atomic E-state index is 12.8. The van der Waals surface area contributed by atoms with E-state index in [1.807, 2.05) is 6.07 Å². The van der Waals surface area contributed by atoms with Gasteiger partial charge in [-0.15, -0.1) is 11.8 Å². The van der Waals surface area contributed by atoms with Crippen LogP contribution in [0.15, 0.2) is 47.5 Å². The molecule has 10 heteroatoms. The fraction of sp³-hybridized carbons (Fsp3) is 0.548. The molecule has 0 saturated heterocycles. The first-order chi connectivity index (χ1) is 19.8. The summed E-state index contributed by atoms with van der Waals surface area (Å²) < 4.78 is 29.2. The number of hydrogen-bond acceptors (Lipinski definition) is 6. The minimum absolute atomic E-state index is 0.0499. The van der Waals surface area contributed by atoms with Gasteiger partial charge in [-0.3, -0.25) is 4.89 Å². The van der Waals surface area contributed by atoms with E-state index in [4.69, 9.17) is 37.0 Å². The molecule has 2 aromatic carbocycles. The average molecular weight is 645 g/mol. The van der Waals surface area contributed by atoms with Gasteiger partial charge in [0.25, 0.3) is 0 Å². The zero-order chi connectivity index (χ0) is 29.5. The quantitative estimate of drug-likeness (QED) is 0.114. The molecule has 0 bridgehead atoms. The van der Waals surface area contributed by atoms with Crippen molar-refractivity contribution in [3.8, 4) is 17.2 Å². The first kappa shape index (κ1) is 34.0. The van der Waals surface area contributed by atoms with Crippen LogP contribution >= 0.6 is 42.8 Å². The fourth-order valence-electron chi connectivity index (χ4n) is 4.64. The molecule has 3 rings (SSSR count). The number of hydrogen-bond donors (Lipinski definition) is 1. The normalized spacial score (nSPS) is 14.6. The average Bonchev–Trinajstić information content (AvgIpc) is 3.33. The lowest BCUT2D eigenvalue weighted by atomic mass is 10.1. The molecule has 0 amide bonds. The summed E-state index contributed by atoms with van der Waals surface area (Å²) in [6.07, 6.45) is 17.4. The number of phosphoric ester groups is 1. The minimum atomic E-state index is -4.53. The maximum Gasteiger partial charge on any atom is 0.584 e. The van der Waals surface area contributed by atoms with Crippen molar-refractivity contribution >= 4 is 42.8 Å². The topological polar surface area (TPSA) is 68.2 Å². The molecular formula is C31H44Cl2NO5PS. The lowest BCUT2D eigenvalue weighted by Gasteiger charge is -2.18. The van der Waals surface area contributed by atoms with Gasteiger partial charge in [0.15, 0.2) is 5.75 Å². The number of ether oxygens (including phenoxy) is 1. The van der Waals surface area contributed by atoms with Gasteiger partial charge in [0.2, 0.25) is 0 Å². The third-order valence-electron chi connectivity index (χ3n) is 6.78. The Morgan fingerprint density at radius 1 is 0.878 bits per heavy atom. The number of phosphoric acid groups is 1. The van der Waals surface area contributed by atoms with Crippen molar-refractivity contribution in [2.45, 2.75) is 97.4 Å². The van der Waals surface area contributed by atoms with Gasteiger partial charge < -0.3 is 18.7 Å². The summed E-state index contributed by atoms with van der Waals surface area (Å²) in [5.41, 5.74) is 0.949. The SMILES string of the molecule is CCCCCCCCCCCCCCOc1cc(Cl)c(OP(=O)(O)Oc2cccc(CN3C=C(C)SC3)c2)cc1Cl. The fourth-order valence-corrected chi connectivity index (χ4v) is 6.66. The molecule has 2 aromatic rings. The Morgan fingerprint density at radius 2 is 1.49 bits per heavy atom. The van der Waals surface area contributed by atoms with Crippen molar-refractivity contribution in [2.24, 2.45) is 0 Å². The molecule has 6 nitrogen and oxygen atoms in total. The predicted molar refractivity (Wildman–Crippen MR) is 172 cm³/mol. The Morgan fingerprint density at radius 3 is 2.12 bits per heavy atom. The Labute approximate surface area is 260 Å². The third kappa shape index (κ3) is 13.1. The molecule has 0 saturated carbocycles. The zero-order valence-electron chi connectivity index (χ0n) is 24.3. The van der Waals surface area contributed by atoms with E-state index in [-0.39, 0.29) is 21.5 Å². The lowest BCUT2D eigenvalue weighted by molar-refractivity contribution is 0.289. The molecule has 1 aliphatic rings. The summed E-state index contributed by atoms with van der Waals surface area (Å²) in [5, 5.41) is 0.358. The Bertz CT molecular complexity index is 1170. The molecule has 41 heavy (non-hydrogen) atoms. The first-order valence-corrected chi connectivity index (χ1v) is 18.0. The standard InChI is InChI=1S/C31H44Cl2NO5PS/c1-3-4-5-6-7-8-9-10-11-12-13-14-18-37-30-20-29(33)31(21-28(30)32)39-40(35,36)38-27-17-15-16-26(19-27)23-34-22-25(2)41-24-34/h15-17,19-22H,3-14,18,23-24H2,1-2H3,(H,35,36). The monoisotopic (exact) mass is 643 g/mol. The number of unbranched alkanes of at least 4 members (excludes halogenated alkanes) is 11. The summed E-state index contributed by atoms with van der Waals surface area (Å²) >= 11 is 14.5. The van der Waals surface area contributed by atoms with E-state index in [9.17, 15) is 9.46 Å². The highest BCUT2D eigenvalue weighted by molar-refractivity contribution is 8.03. The number of rotatable bonds is 20. The molecule has 1 N–H and O–H groups in total. The Balaban J connectivity index is 1.38. The van der Waals surface area contributed by atoms with Gasteiger partial charge in [-0.05, 0) is 35.9 Å². The maximum absolute atomic E-state index is 12.8. The minimum Gasteiger partial charge on any atom is -0.492 e. The molecule has 0 spiro atoms. The molecule has 1 unspecified atom stereocenters. The first-order valence-electron chi connectivity index (χ1n) is 14.7. The van der Waals surface area contributed by atoms with Crippen LogP contribution in [0.5, 0.6) is 17.2 Å². The number of nitrogens with zero attached hydrogens (tertiary/aromatic N) is 1. The summed E-state index contributed by atoms with van der Waals surface area (Å²) in [5.74, 6) is 1.46. The van der Waals surface area contributed by atoms with E-state index in [2.05, 4.69) is 24.9 Å². The molecular weight excluding hydrogens is 600 g/mol. The predicted octanol–water partition coefficient (Wildman–Crippen LogP) is 11.0. The van der Waals surface area contributed by atoms with Gasteiger partial charge in [-0.25, -0.2) is 4.57 Å². The zero-order valence-corrected chi connectivity index (χ0v) is 27.5. The van der Waals surface area contributed by atoms with Crippen LogP contribution in [0, 0.1) is 0 Å². The molecule has 228 valence electrons. The Hall–Kier alpha value is -1.50. The van der Waals surface area contributed by atoms with Crippen molar-refractivity contribution in [3.05, 3.63) is 63.1 Å². The van der Waals surface area contributed by atoms with Crippen LogP contribution in [0.3, 0.4) is 0 Å². The summed E-state index contributed by atoms with van der Waals surface area (Å²) in [6, 6.07) is 9.93. The van der Waals surface area contributed by atoms with E-state index in [1.54, 1.807) is 30.0 Å². The van der Waals surface area contributed by atoms with Gasteiger partial charge >= 0.3 is 7.82 Å². The van der Waals surface area contributed by atoms with E-state index in [0.29, 0.717) is 18.9 Å². The highest BCUT2D eigenvalue weighted by atomic mass is 35.5. The highest BCUT2D eigenvalue weighted by Gasteiger charge is 2.27. The second kappa shape index (κ2) is 18.2. The smallest absolute Gasteiger partial charge is 0.492 e. The van der Waals surface area contributed by atoms with Gasteiger partial charge in [0.05, 0.1) is 22.5 Å². The number of benzene rings is 2. The summed E-state index contributed by atoms with van der Waals surface area (Å²) in [4.78, 5) is 13.8. The second-order valence-electron chi connectivity index (χ2n) is 10.5. The van der Waals surface area contributed by atoms with Crippen molar-refractivity contribution in [1.82, 2.24) is 4.90 Å². The van der Waals surface area contributed by atoms with Gasteiger partial charge in [-0.2, -0.15) is 0 Å². The van der Waals surface area contributed by atoms with E-state index in [0.717, 1.165) is 24.3 Å². The molecule has 1 aliphatic heterocycles. The molecule has 0 aliphatic carbocycles. The van der Waals surface area contributed by atoms with Gasteiger partial charge in [0.1, 0.15) is 11.5 Å². The van der Waals surface area contributed by atoms with Crippen LogP contribution in [0.1, 0.15) is 96.5 Å². The Kier molecular flexibility index (Phi) is 15.1. The molecule has 0 aromatic heterocycles. The van der Waals surface area contributed by atoms with Crippen LogP contribution < -0.4 is 13.8 Å². The number of thioether (sulfide) groups is 1. The van der Waals surface area contributed by atoms with Crippen LogP contribution in [0.25, 0.3) is 0 Å². The van der Waals surface area contributed by atoms with Crippen LogP contribution in [-0.2, 0) is 11.1 Å². The van der Waals surface area contributed by atoms with Crippen molar-refractivity contribution in [1.29, 1.82) is 0 Å². The molecule has 0 fully saturated rings. The largest absolute Gasteiger partial charge is 0.584 e.